The molecule has 0 unspecified atom stereocenters. The molecular weight excluding hydrogens is 150 g/mol. The standard InChI is InChI=1S/C9H13N3/c1-7-8-4-2-3-5-9(6-8)12(10)11-7/h2-5,10H2,1H3. The molecule has 1 heterocycles. The Morgan fingerprint density at radius 3 is 3.00 bits per heavy atom. The van der Waals surface area contributed by atoms with E-state index in [2.05, 4.69) is 10.8 Å². The van der Waals surface area contributed by atoms with Crippen molar-refractivity contribution in [1.29, 1.82) is 0 Å². The quantitative estimate of drug-likeness (QED) is 0.434. The summed E-state index contributed by atoms with van der Waals surface area (Å²) in [6.45, 7) is 1.99. The van der Waals surface area contributed by atoms with E-state index < -0.39 is 0 Å². The van der Waals surface area contributed by atoms with Gasteiger partial charge in [-0.2, -0.15) is 10.2 Å². The molecule has 1 aliphatic heterocycles. The lowest BCUT2D eigenvalue weighted by molar-refractivity contribution is 0.364. The van der Waals surface area contributed by atoms with Crippen LogP contribution in [0.4, 0.5) is 0 Å². The first kappa shape index (κ1) is 7.59. The lowest BCUT2D eigenvalue weighted by Crippen LogP contribution is -2.27. The van der Waals surface area contributed by atoms with E-state index in [1.54, 1.807) is 0 Å². The van der Waals surface area contributed by atoms with Gasteiger partial charge in [0.15, 0.2) is 0 Å². The molecule has 0 aromatic heterocycles. The average Bonchev–Trinajstić information content (AvgIpc) is 2.24. The Kier molecular flexibility index (Phi) is 1.75. The highest BCUT2D eigenvalue weighted by Crippen LogP contribution is 2.23. The highest BCUT2D eigenvalue weighted by atomic mass is 15.6. The molecule has 2 aliphatic rings. The summed E-state index contributed by atoms with van der Waals surface area (Å²) in [6.07, 6.45) is 4.54. The summed E-state index contributed by atoms with van der Waals surface area (Å²) in [5.41, 5.74) is 6.61. The summed E-state index contributed by atoms with van der Waals surface area (Å²) in [6, 6.07) is 0. The van der Waals surface area contributed by atoms with Crippen LogP contribution in [0.25, 0.3) is 0 Å². The molecule has 0 radical (unpaired) electrons. The number of nitrogens with two attached hydrogens (primary N) is 1. The van der Waals surface area contributed by atoms with Gasteiger partial charge >= 0.3 is 0 Å². The molecule has 0 aromatic carbocycles. The zero-order valence-electron chi connectivity index (χ0n) is 7.30. The van der Waals surface area contributed by atoms with E-state index in [0.717, 1.165) is 24.3 Å². The number of hydrogen-bond donors (Lipinski definition) is 1. The van der Waals surface area contributed by atoms with Gasteiger partial charge < -0.3 is 0 Å². The zero-order chi connectivity index (χ0) is 8.55. The summed E-state index contributed by atoms with van der Waals surface area (Å²) in [5.74, 6) is 5.68. The van der Waals surface area contributed by atoms with Crippen LogP contribution in [-0.4, -0.2) is 10.8 Å². The van der Waals surface area contributed by atoms with Crippen molar-refractivity contribution in [2.45, 2.75) is 32.6 Å². The van der Waals surface area contributed by atoms with Gasteiger partial charge in [-0.25, -0.2) is 5.84 Å². The van der Waals surface area contributed by atoms with Gasteiger partial charge in [0, 0.05) is 5.57 Å². The Balaban J connectivity index is 2.42. The fourth-order valence-corrected chi connectivity index (χ4v) is 1.62. The fraction of sp³-hybridized carbons (Fsp3) is 0.556. The minimum Gasteiger partial charge on any atom is -0.226 e. The van der Waals surface area contributed by atoms with Gasteiger partial charge in [-0.05, 0) is 32.6 Å². The molecule has 0 aromatic rings. The number of allylic oxidation sites excluding steroid dienone is 1. The third kappa shape index (κ3) is 1.17. The van der Waals surface area contributed by atoms with E-state index >= 15 is 0 Å². The van der Waals surface area contributed by atoms with Crippen LogP contribution < -0.4 is 5.84 Å². The second-order valence-electron chi connectivity index (χ2n) is 3.29. The van der Waals surface area contributed by atoms with Crippen LogP contribution in [0.15, 0.2) is 22.1 Å². The fourth-order valence-electron chi connectivity index (χ4n) is 1.62. The normalized spacial score (nSPS) is 22.5. The van der Waals surface area contributed by atoms with Gasteiger partial charge in [-0.3, -0.25) is 0 Å². The molecule has 0 saturated heterocycles. The van der Waals surface area contributed by atoms with E-state index in [1.165, 1.54) is 23.5 Å². The van der Waals surface area contributed by atoms with Crippen LogP contribution in [0, 0.1) is 0 Å². The van der Waals surface area contributed by atoms with Crippen LogP contribution in [0.1, 0.15) is 32.6 Å². The van der Waals surface area contributed by atoms with Crippen molar-refractivity contribution in [3.05, 3.63) is 17.0 Å². The van der Waals surface area contributed by atoms with Gasteiger partial charge in [0.2, 0.25) is 0 Å². The summed E-state index contributed by atoms with van der Waals surface area (Å²) in [4.78, 5) is 0. The molecule has 1 aliphatic carbocycles. The monoisotopic (exact) mass is 163 g/mol. The summed E-state index contributed by atoms with van der Waals surface area (Å²) >= 11 is 0. The summed E-state index contributed by atoms with van der Waals surface area (Å²) in [7, 11) is 0. The summed E-state index contributed by atoms with van der Waals surface area (Å²) in [5, 5.41) is 5.68. The largest absolute Gasteiger partial charge is 0.226 e. The Morgan fingerprint density at radius 1 is 1.42 bits per heavy atom. The van der Waals surface area contributed by atoms with Gasteiger partial charge in [-0.1, -0.05) is 5.73 Å². The van der Waals surface area contributed by atoms with Gasteiger partial charge in [-0.15, -0.1) is 0 Å². The van der Waals surface area contributed by atoms with Crippen molar-refractivity contribution in [2.75, 3.05) is 0 Å². The topological polar surface area (TPSA) is 41.6 Å². The predicted molar refractivity (Wildman–Crippen MR) is 48.1 cm³/mol. The molecular formula is C9H13N3. The predicted octanol–water partition coefficient (Wildman–Crippen LogP) is 1.53. The smallest absolute Gasteiger partial charge is 0.0970 e. The maximum Gasteiger partial charge on any atom is 0.0970 e. The average molecular weight is 163 g/mol. The molecule has 2 N–H and O–H groups in total. The number of rotatable bonds is 0. The van der Waals surface area contributed by atoms with Gasteiger partial charge in [0.25, 0.3) is 0 Å². The van der Waals surface area contributed by atoms with Crippen molar-refractivity contribution in [3.8, 4) is 0 Å². The first-order valence-corrected chi connectivity index (χ1v) is 4.36. The first-order valence-electron chi connectivity index (χ1n) is 4.36. The number of hydrazine groups is 1. The van der Waals surface area contributed by atoms with E-state index in [0.29, 0.717) is 0 Å². The Morgan fingerprint density at radius 2 is 2.17 bits per heavy atom. The molecule has 12 heavy (non-hydrogen) atoms. The van der Waals surface area contributed by atoms with Crippen LogP contribution in [-0.2, 0) is 0 Å². The minimum absolute atomic E-state index is 1.01. The molecule has 0 saturated carbocycles. The second-order valence-corrected chi connectivity index (χ2v) is 3.29. The highest BCUT2D eigenvalue weighted by Gasteiger charge is 2.15. The lowest BCUT2D eigenvalue weighted by Gasteiger charge is -2.17. The minimum atomic E-state index is 1.01. The summed E-state index contributed by atoms with van der Waals surface area (Å²) < 4.78 is 0. The second kappa shape index (κ2) is 2.77. The van der Waals surface area contributed by atoms with Crippen LogP contribution in [0.3, 0.4) is 0 Å². The van der Waals surface area contributed by atoms with Crippen molar-refractivity contribution in [3.63, 3.8) is 0 Å². The zero-order valence-corrected chi connectivity index (χ0v) is 7.30. The van der Waals surface area contributed by atoms with Crippen LogP contribution in [0.2, 0.25) is 0 Å². The Labute approximate surface area is 72.2 Å². The van der Waals surface area contributed by atoms with Crippen molar-refractivity contribution in [2.24, 2.45) is 10.9 Å². The van der Waals surface area contributed by atoms with Crippen molar-refractivity contribution >= 4 is 5.71 Å². The molecule has 0 spiro atoms. The van der Waals surface area contributed by atoms with Gasteiger partial charge in [0.05, 0.1) is 11.4 Å². The van der Waals surface area contributed by atoms with Crippen LogP contribution >= 0.6 is 0 Å². The van der Waals surface area contributed by atoms with E-state index in [1.807, 2.05) is 6.92 Å². The molecule has 2 rings (SSSR count). The van der Waals surface area contributed by atoms with Crippen LogP contribution in [0.5, 0.6) is 0 Å². The number of hydrazone groups is 1. The first-order chi connectivity index (χ1) is 5.77. The highest BCUT2D eigenvalue weighted by molar-refractivity contribution is 5.98. The van der Waals surface area contributed by atoms with E-state index in [9.17, 15) is 0 Å². The molecule has 0 atom stereocenters. The molecule has 2 bridgehead atoms. The molecule has 64 valence electrons. The number of nitrogens with zero attached hydrogens (tertiary/aromatic N) is 2. The number of hydrogen-bond acceptors (Lipinski definition) is 3. The third-order valence-electron chi connectivity index (χ3n) is 2.36. The Hall–Kier alpha value is -1.05. The maximum atomic E-state index is 5.68. The van der Waals surface area contributed by atoms with E-state index in [-0.39, 0.29) is 0 Å². The Bertz CT molecular complexity index is 295. The SMILES string of the molecule is CC1=NN(N)C2=C=C1CCCC2. The molecule has 3 heteroatoms. The van der Waals surface area contributed by atoms with E-state index in [4.69, 9.17) is 5.84 Å². The third-order valence-corrected chi connectivity index (χ3v) is 2.36. The van der Waals surface area contributed by atoms with Gasteiger partial charge in [0.1, 0.15) is 0 Å². The molecule has 3 nitrogen and oxygen atoms in total. The van der Waals surface area contributed by atoms with Crippen molar-refractivity contribution in [1.82, 2.24) is 5.12 Å². The van der Waals surface area contributed by atoms with Crippen molar-refractivity contribution < 1.29 is 0 Å². The molecule has 0 amide bonds. The lowest BCUT2D eigenvalue weighted by atomic mass is 10.1. The maximum absolute atomic E-state index is 5.68. The molecule has 0 fully saturated rings.